The zero-order valence-electron chi connectivity index (χ0n) is 17.1. The molecule has 2 heterocycles. The molecular weight excluding hydrogens is 360 g/mol. The van der Waals surface area contributed by atoms with Crippen molar-refractivity contribution in [1.82, 2.24) is 10.2 Å². The number of likely N-dealkylation sites (tertiary alicyclic amines) is 1. The van der Waals surface area contributed by atoms with E-state index < -0.39 is 0 Å². The number of carbonyl (C=O) groups excluding carboxylic acids is 1. The van der Waals surface area contributed by atoms with Crippen LogP contribution in [0.4, 0.5) is 0 Å². The molecule has 5 rings (SSSR count). The van der Waals surface area contributed by atoms with E-state index in [-0.39, 0.29) is 24.0 Å². The molecule has 0 radical (unpaired) electrons. The fourth-order valence-corrected chi connectivity index (χ4v) is 6.07. The molecular formula is C25H30N2O2. The Bertz CT molecular complexity index is 856. The highest BCUT2D eigenvalue weighted by Gasteiger charge is 2.60. The number of amides is 1. The second-order valence-corrected chi connectivity index (χ2v) is 9.14. The lowest BCUT2D eigenvalue weighted by Crippen LogP contribution is -2.63. The Kier molecular flexibility index (Phi) is 4.83. The van der Waals surface area contributed by atoms with Gasteiger partial charge in [-0.15, -0.1) is 0 Å². The van der Waals surface area contributed by atoms with Crippen LogP contribution < -0.4 is 10.1 Å². The predicted molar refractivity (Wildman–Crippen MR) is 114 cm³/mol. The fraction of sp³-hybridized carbons (Fsp3) is 0.480. The number of hydrogen-bond acceptors (Lipinski definition) is 3. The summed E-state index contributed by atoms with van der Waals surface area (Å²) in [4.78, 5) is 15.7. The predicted octanol–water partition coefficient (Wildman–Crippen LogP) is 3.81. The molecule has 1 aliphatic carbocycles. The summed E-state index contributed by atoms with van der Waals surface area (Å²) >= 11 is 0. The van der Waals surface area contributed by atoms with Crippen LogP contribution in [0, 0.1) is 5.41 Å². The molecule has 2 bridgehead atoms. The number of piperidine rings is 1. The van der Waals surface area contributed by atoms with E-state index in [1.807, 2.05) is 30.3 Å². The molecule has 152 valence electrons. The summed E-state index contributed by atoms with van der Waals surface area (Å²) in [6.45, 7) is 2.50. The van der Waals surface area contributed by atoms with Crippen molar-refractivity contribution in [3.05, 3.63) is 66.2 Å². The fourth-order valence-electron chi connectivity index (χ4n) is 6.07. The Morgan fingerprint density at radius 3 is 2.59 bits per heavy atom. The maximum Gasteiger partial charge on any atom is 0.261 e. The van der Waals surface area contributed by atoms with Gasteiger partial charge in [-0.2, -0.15) is 0 Å². The van der Waals surface area contributed by atoms with Crippen LogP contribution in [0.3, 0.4) is 0 Å². The first kappa shape index (κ1) is 18.7. The molecule has 4 heteroatoms. The number of hydrogen-bond donors (Lipinski definition) is 1. The van der Waals surface area contributed by atoms with Gasteiger partial charge in [0.05, 0.1) is 6.04 Å². The highest BCUT2D eigenvalue weighted by molar-refractivity contribution is 5.79. The van der Waals surface area contributed by atoms with Crippen molar-refractivity contribution in [3.63, 3.8) is 0 Å². The summed E-state index contributed by atoms with van der Waals surface area (Å²) in [5.41, 5.74) is 1.48. The van der Waals surface area contributed by atoms with E-state index >= 15 is 0 Å². The summed E-state index contributed by atoms with van der Waals surface area (Å²) in [5, 5.41) is 3.92. The molecule has 0 spiro atoms. The van der Waals surface area contributed by atoms with Crippen molar-refractivity contribution >= 4 is 5.91 Å². The molecule has 2 aromatic carbocycles. The standard InChI is InChI=1S/C25H30N2O2/c1-25-16-20-21(15-18-9-4-2-5-10-18)27(23(25)14-8-13-22(25)26-20)24(28)17-29-19-11-6-3-7-12-19/h2-7,9-12,20-23,26H,8,13-17H2,1H3/t20-,21+,22-,23+,25-/m0/s1. The second kappa shape index (κ2) is 7.49. The summed E-state index contributed by atoms with van der Waals surface area (Å²) < 4.78 is 5.87. The number of carbonyl (C=O) groups is 1. The van der Waals surface area contributed by atoms with E-state index in [1.54, 1.807) is 0 Å². The van der Waals surface area contributed by atoms with Gasteiger partial charge in [0, 0.05) is 23.5 Å². The molecule has 1 amide bonds. The van der Waals surface area contributed by atoms with Crippen molar-refractivity contribution < 1.29 is 9.53 Å². The SMILES string of the molecule is C[C@]12C[C@@H]3N[C@H]1CCC[C@H]2N(C(=O)COc1ccccc1)[C@@H]3Cc1ccccc1. The first-order chi connectivity index (χ1) is 14.1. The molecule has 0 unspecified atom stereocenters. The van der Waals surface area contributed by atoms with Crippen LogP contribution >= 0.6 is 0 Å². The number of ether oxygens (including phenoxy) is 1. The van der Waals surface area contributed by atoms with Crippen LogP contribution in [0.5, 0.6) is 5.75 Å². The third-order valence-electron chi connectivity index (χ3n) is 7.44. The Balaban J connectivity index is 1.42. The van der Waals surface area contributed by atoms with Crippen LogP contribution in [0.15, 0.2) is 60.7 Å². The second-order valence-electron chi connectivity index (χ2n) is 9.14. The van der Waals surface area contributed by atoms with Gasteiger partial charge in [-0.05, 0) is 49.8 Å². The molecule has 2 aromatic rings. The van der Waals surface area contributed by atoms with Crippen molar-refractivity contribution in [1.29, 1.82) is 0 Å². The molecule has 3 aliphatic rings. The monoisotopic (exact) mass is 390 g/mol. The molecule has 1 N–H and O–H groups in total. The number of nitrogens with one attached hydrogen (secondary N) is 1. The summed E-state index contributed by atoms with van der Waals surface area (Å²) in [5.74, 6) is 0.881. The van der Waals surface area contributed by atoms with Gasteiger partial charge in [0.25, 0.3) is 5.91 Å². The molecule has 3 fully saturated rings. The lowest BCUT2D eigenvalue weighted by molar-refractivity contribution is -0.146. The first-order valence-electron chi connectivity index (χ1n) is 10.9. The number of fused-ring (bicyclic) bond motifs is 1. The Labute approximate surface area is 173 Å². The Morgan fingerprint density at radius 1 is 1.10 bits per heavy atom. The van der Waals surface area contributed by atoms with Crippen LogP contribution in [0.25, 0.3) is 0 Å². The minimum atomic E-state index is 0.110. The third-order valence-corrected chi connectivity index (χ3v) is 7.44. The normalized spacial score (nSPS) is 32.8. The number of nitrogens with zero attached hydrogens (tertiary/aromatic N) is 1. The quantitative estimate of drug-likeness (QED) is 0.844. The zero-order valence-corrected chi connectivity index (χ0v) is 17.1. The van der Waals surface area contributed by atoms with Crippen molar-refractivity contribution in [2.24, 2.45) is 5.41 Å². The van der Waals surface area contributed by atoms with Gasteiger partial charge in [0.1, 0.15) is 5.75 Å². The van der Waals surface area contributed by atoms with Gasteiger partial charge in [-0.1, -0.05) is 55.5 Å². The largest absolute Gasteiger partial charge is 0.484 e. The van der Waals surface area contributed by atoms with Gasteiger partial charge in [0.15, 0.2) is 6.61 Å². The maximum atomic E-state index is 13.5. The minimum Gasteiger partial charge on any atom is -0.484 e. The Morgan fingerprint density at radius 2 is 1.83 bits per heavy atom. The summed E-state index contributed by atoms with van der Waals surface area (Å²) in [7, 11) is 0. The summed E-state index contributed by atoms with van der Waals surface area (Å²) in [6, 6.07) is 21.6. The van der Waals surface area contributed by atoms with Gasteiger partial charge < -0.3 is 15.0 Å². The molecule has 1 saturated carbocycles. The van der Waals surface area contributed by atoms with Crippen LogP contribution in [0.1, 0.15) is 38.2 Å². The lowest BCUT2D eigenvalue weighted by Gasteiger charge is -2.53. The summed E-state index contributed by atoms with van der Waals surface area (Å²) in [6.07, 6.45) is 5.58. The van der Waals surface area contributed by atoms with E-state index in [4.69, 9.17) is 4.74 Å². The van der Waals surface area contributed by atoms with Gasteiger partial charge in [-0.3, -0.25) is 4.79 Å². The van der Waals surface area contributed by atoms with E-state index in [9.17, 15) is 4.79 Å². The minimum absolute atomic E-state index is 0.110. The lowest BCUT2D eigenvalue weighted by atomic mass is 9.64. The van der Waals surface area contributed by atoms with Crippen LogP contribution in [0.2, 0.25) is 0 Å². The highest BCUT2D eigenvalue weighted by Crippen LogP contribution is 2.52. The third kappa shape index (κ3) is 3.33. The van der Waals surface area contributed by atoms with E-state index in [0.29, 0.717) is 18.1 Å². The van der Waals surface area contributed by atoms with Gasteiger partial charge >= 0.3 is 0 Å². The zero-order chi connectivity index (χ0) is 19.8. The average molecular weight is 391 g/mol. The molecule has 2 aliphatic heterocycles. The molecule has 29 heavy (non-hydrogen) atoms. The van der Waals surface area contributed by atoms with Gasteiger partial charge in [-0.25, -0.2) is 0 Å². The Hall–Kier alpha value is -2.33. The molecule has 0 aromatic heterocycles. The molecule has 5 atom stereocenters. The van der Waals surface area contributed by atoms with Crippen LogP contribution in [-0.4, -0.2) is 41.6 Å². The van der Waals surface area contributed by atoms with E-state index in [2.05, 4.69) is 47.5 Å². The average Bonchev–Trinajstić information content (AvgIpc) is 3.10. The maximum absolute atomic E-state index is 13.5. The van der Waals surface area contributed by atoms with E-state index in [1.165, 1.54) is 24.8 Å². The molecule has 4 nitrogen and oxygen atoms in total. The van der Waals surface area contributed by atoms with Crippen LogP contribution in [-0.2, 0) is 11.2 Å². The number of para-hydroxylation sites is 1. The number of benzene rings is 2. The number of rotatable bonds is 5. The first-order valence-corrected chi connectivity index (χ1v) is 10.9. The van der Waals surface area contributed by atoms with Gasteiger partial charge in [0.2, 0.25) is 0 Å². The van der Waals surface area contributed by atoms with Crippen molar-refractivity contribution in [2.45, 2.75) is 63.2 Å². The topological polar surface area (TPSA) is 41.6 Å². The smallest absolute Gasteiger partial charge is 0.261 e. The van der Waals surface area contributed by atoms with E-state index in [0.717, 1.165) is 18.6 Å². The molecule has 2 saturated heterocycles. The van der Waals surface area contributed by atoms with Crippen molar-refractivity contribution in [2.75, 3.05) is 6.61 Å². The van der Waals surface area contributed by atoms with Crippen molar-refractivity contribution in [3.8, 4) is 5.75 Å². The highest BCUT2D eigenvalue weighted by atomic mass is 16.5.